The minimum absolute atomic E-state index is 0.0731. The highest BCUT2D eigenvalue weighted by Gasteiger charge is 2.57. The second-order valence-corrected chi connectivity index (χ2v) is 5.90. The molecule has 1 saturated heterocycles. The van der Waals surface area contributed by atoms with Gasteiger partial charge in [0.1, 0.15) is 0 Å². The molecular weight excluding hydrogens is 258 g/mol. The van der Waals surface area contributed by atoms with Gasteiger partial charge in [0, 0.05) is 13.3 Å². The number of carboxylic acid groups (broad SMARTS) is 1. The molecule has 1 fully saturated rings. The Balaban J connectivity index is 1.87. The van der Waals surface area contributed by atoms with Crippen molar-refractivity contribution in [2.24, 2.45) is 0 Å². The van der Waals surface area contributed by atoms with E-state index in [0.717, 1.165) is 51.4 Å². The number of aliphatic hydroxyl groups excluding tert-OH is 1. The highest BCUT2D eigenvalue weighted by atomic mass is 16.6. The molecule has 1 aliphatic heterocycles. The summed E-state index contributed by atoms with van der Waals surface area (Å²) in [5.74, 6) is -0.701. The molecule has 118 valence electrons. The Morgan fingerprint density at radius 2 is 1.80 bits per heavy atom. The lowest BCUT2D eigenvalue weighted by atomic mass is 10.0. The molecule has 0 aromatic heterocycles. The Morgan fingerprint density at radius 1 is 1.25 bits per heavy atom. The van der Waals surface area contributed by atoms with Crippen LogP contribution in [0.1, 0.15) is 64.7 Å². The van der Waals surface area contributed by atoms with Gasteiger partial charge >= 0.3 is 5.97 Å². The Labute approximate surface area is 121 Å². The minimum Gasteiger partial charge on any atom is -0.481 e. The lowest BCUT2D eigenvalue weighted by Gasteiger charge is -2.10. The van der Waals surface area contributed by atoms with Gasteiger partial charge in [0.05, 0.1) is 6.10 Å². The highest BCUT2D eigenvalue weighted by Crippen LogP contribution is 2.33. The Morgan fingerprint density at radius 3 is 2.30 bits per heavy atom. The molecule has 0 aromatic rings. The SMILES string of the molecule is [CH2-][NH2+][C@]1(C)O[C@@H]1[C@H](O)CCCCCCCCCC(=O)O. The summed E-state index contributed by atoms with van der Waals surface area (Å²) in [6.45, 7) is 1.95. The van der Waals surface area contributed by atoms with Crippen molar-refractivity contribution in [3.05, 3.63) is 7.05 Å². The molecule has 5 nitrogen and oxygen atoms in total. The molecule has 1 heterocycles. The molecule has 0 saturated carbocycles. The van der Waals surface area contributed by atoms with E-state index in [-0.39, 0.29) is 24.4 Å². The third-order valence-electron chi connectivity index (χ3n) is 4.03. The molecule has 0 radical (unpaired) electrons. The molecule has 0 aromatic carbocycles. The number of rotatable bonds is 12. The van der Waals surface area contributed by atoms with E-state index >= 15 is 0 Å². The topological polar surface area (TPSA) is 86.7 Å². The van der Waals surface area contributed by atoms with Gasteiger partial charge in [-0.15, -0.1) is 7.05 Å². The van der Waals surface area contributed by atoms with Crippen LogP contribution in [-0.2, 0) is 9.53 Å². The molecule has 0 bridgehead atoms. The predicted molar refractivity (Wildman–Crippen MR) is 75.8 cm³/mol. The van der Waals surface area contributed by atoms with Crippen LogP contribution in [0.25, 0.3) is 0 Å². The van der Waals surface area contributed by atoms with Crippen molar-refractivity contribution >= 4 is 5.97 Å². The second-order valence-electron chi connectivity index (χ2n) is 5.90. The summed E-state index contributed by atoms with van der Waals surface area (Å²) < 4.78 is 5.44. The molecule has 20 heavy (non-hydrogen) atoms. The third-order valence-corrected chi connectivity index (χ3v) is 4.03. The maximum atomic E-state index is 10.3. The summed E-state index contributed by atoms with van der Waals surface area (Å²) in [6, 6.07) is 0. The number of nitrogens with two attached hydrogens (primary N) is 1. The van der Waals surface area contributed by atoms with E-state index in [2.05, 4.69) is 7.05 Å². The summed E-state index contributed by atoms with van der Waals surface area (Å²) >= 11 is 0. The summed E-state index contributed by atoms with van der Waals surface area (Å²) in [7, 11) is 3.71. The molecule has 5 heteroatoms. The maximum Gasteiger partial charge on any atom is 0.303 e. The van der Waals surface area contributed by atoms with Crippen LogP contribution >= 0.6 is 0 Å². The molecule has 4 N–H and O–H groups in total. The highest BCUT2D eigenvalue weighted by molar-refractivity contribution is 5.66. The fraction of sp³-hybridized carbons (Fsp3) is 0.867. The van der Waals surface area contributed by atoms with Gasteiger partial charge in [-0.3, -0.25) is 4.79 Å². The molecule has 1 rings (SSSR count). The van der Waals surface area contributed by atoms with Crippen molar-refractivity contribution in [1.29, 1.82) is 0 Å². The largest absolute Gasteiger partial charge is 0.481 e. The third kappa shape index (κ3) is 6.20. The van der Waals surface area contributed by atoms with Crippen molar-refractivity contribution in [1.82, 2.24) is 0 Å². The van der Waals surface area contributed by atoms with Crippen molar-refractivity contribution in [3.63, 3.8) is 0 Å². The first kappa shape index (κ1) is 17.4. The number of unbranched alkanes of at least 4 members (excludes halogenated alkanes) is 6. The average molecular weight is 287 g/mol. The van der Waals surface area contributed by atoms with Crippen LogP contribution in [0.2, 0.25) is 0 Å². The zero-order valence-electron chi connectivity index (χ0n) is 12.5. The van der Waals surface area contributed by atoms with E-state index in [1.54, 1.807) is 5.32 Å². The van der Waals surface area contributed by atoms with Crippen LogP contribution in [0.4, 0.5) is 0 Å². The van der Waals surface area contributed by atoms with E-state index in [9.17, 15) is 9.90 Å². The van der Waals surface area contributed by atoms with E-state index in [4.69, 9.17) is 9.84 Å². The van der Waals surface area contributed by atoms with Gasteiger partial charge in [-0.05, 0) is 12.8 Å². The number of aliphatic carboxylic acids is 1. The maximum absolute atomic E-state index is 10.3. The second kappa shape index (κ2) is 8.60. The lowest BCUT2D eigenvalue weighted by molar-refractivity contribution is -0.666. The van der Waals surface area contributed by atoms with Gasteiger partial charge in [0.25, 0.3) is 0 Å². The molecular formula is C15H29NO4. The zero-order chi connectivity index (χ0) is 15.0. The van der Waals surface area contributed by atoms with Gasteiger partial charge in [-0.25, -0.2) is 0 Å². The van der Waals surface area contributed by atoms with Crippen molar-refractivity contribution < 1.29 is 25.1 Å². The summed E-state index contributed by atoms with van der Waals surface area (Å²) in [5, 5.41) is 20.2. The quantitative estimate of drug-likeness (QED) is 0.288. The van der Waals surface area contributed by atoms with Gasteiger partial charge < -0.3 is 20.3 Å². The van der Waals surface area contributed by atoms with Gasteiger partial charge in [-0.1, -0.05) is 38.5 Å². The summed E-state index contributed by atoms with van der Waals surface area (Å²) in [5.41, 5.74) is -0.316. The van der Waals surface area contributed by atoms with E-state index < -0.39 is 5.97 Å². The first-order valence-corrected chi connectivity index (χ1v) is 7.71. The normalized spacial score (nSPS) is 26.4. The number of hydrogen-bond acceptors (Lipinski definition) is 3. The van der Waals surface area contributed by atoms with E-state index in [1.165, 1.54) is 0 Å². The van der Waals surface area contributed by atoms with Gasteiger partial charge in [0.2, 0.25) is 5.72 Å². The number of epoxide rings is 1. The van der Waals surface area contributed by atoms with Crippen LogP contribution in [0.5, 0.6) is 0 Å². The molecule has 0 unspecified atom stereocenters. The molecule has 0 amide bonds. The van der Waals surface area contributed by atoms with Crippen LogP contribution in [0, 0.1) is 7.05 Å². The number of ether oxygens (including phenoxy) is 1. The van der Waals surface area contributed by atoms with Crippen LogP contribution < -0.4 is 5.32 Å². The molecule has 0 spiro atoms. The lowest BCUT2D eigenvalue weighted by Crippen LogP contribution is -2.86. The smallest absolute Gasteiger partial charge is 0.303 e. The molecule has 0 aliphatic carbocycles. The van der Waals surface area contributed by atoms with Crippen molar-refractivity contribution in [2.45, 2.75) is 82.6 Å². The Kier molecular flexibility index (Phi) is 7.48. The Bertz CT molecular complexity index is 298. The molecule has 1 aliphatic rings. The van der Waals surface area contributed by atoms with E-state index in [0.29, 0.717) is 0 Å². The van der Waals surface area contributed by atoms with Gasteiger partial charge in [0.15, 0.2) is 6.10 Å². The number of quaternary nitrogens is 1. The number of carbonyl (C=O) groups is 1. The standard InChI is InChI=1S/C15H29NO4/c1-15(16-2)14(20-15)12(17)10-8-6-4-3-5-7-9-11-13(18)19/h12,14,17H,2-11,16H2,1H3,(H,18,19)/t12-,14-,15-/m1/s1. The fourth-order valence-electron chi connectivity index (χ4n) is 2.53. The molecule has 3 atom stereocenters. The summed E-state index contributed by atoms with van der Waals surface area (Å²) in [4.78, 5) is 10.3. The first-order valence-electron chi connectivity index (χ1n) is 7.71. The first-order chi connectivity index (χ1) is 9.49. The van der Waals surface area contributed by atoms with Crippen molar-refractivity contribution in [2.75, 3.05) is 0 Å². The predicted octanol–water partition coefficient (Wildman–Crippen LogP) is 1.41. The average Bonchev–Trinajstić information content (AvgIpc) is 3.09. The number of aliphatic hydroxyl groups is 1. The number of carboxylic acids is 1. The monoisotopic (exact) mass is 287 g/mol. The zero-order valence-corrected chi connectivity index (χ0v) is 12.5. The van der Waals surface area contributed by atoms with Crippen LogP contribution in [0.3, 0.4) is 0 Å². The number of hydrogen-bond donors (Lipinski definition) is 3. The van der Waals surface area contributed by atoms with E-state index in [1.807, 2.05) is 6.92 Å². The summed E-state index contributed by atoms with van der Waals surface area (Å²) in [6.07, 6.45) is 7.96. The Hall–Kier alpha value is -0.650. The van der Waals surface area contributed by atoms with Gasteiger partial charge in [-0.2, -0.15) is 0 Å². The van der Waals surface area contributed by atoms with Crippen molar-refractivity contribution in [3.8, 4) is 0 Å². The minimum atomic E-state index is -0.701. The fourth-order valence-corrected chi connectivity index (χ4v) is 2.53. The van der Waals surface area contributed by atoms with Crippen LogP contribution in [0.15, 0.2) is 0 Å². The van der Waals surface area contributed by atoms with Crippen LogP contribution in [-0.4, -0.2) is 34.1 Å².